The molecule has 4 heteroatoms. The monoisotopic (exact) mass is 888 g/mol. The van der Waals surface area contributed by atoms with Crippen LogP contribution in [0.1, 0.15) is 22.3 Å². The fourth-order valence-electron chi connectivity index (χ4n) is 12.2. The summed E-state index contributed by atoms with van der Waals surface area (Å²) in [5.41, 5.74) is 20.1. The van der Waals surface area contributed by atoms with Gasteiger partial charge in [-0.2, -0.15) is 0 Å². The highest BCUT2D eigenvalue weighted by molar-refractivity contribution is 6.21. The Kier molecular flexibility index (Phi) is 8.25. The van der Waals surface area contributed by atoms with Crippen LogP contribution < -0.4 is 0 Å². The number of hydrogen-bond acceptors (Lipinski definition) is 3. The number of fused-ring (bicyclic) bond motifs is 15. The van der Waals surface area contributed by atoms with E-state index >= 15 is 0 Å². The lowest BCUT2D eigenvalue weighted by Crippen LogP contribution is -2.26. The smallest absolute Gasteiger partial charge is 0.235 e. The second-order valence-electron chi connectivity index (χ2n) is 18.6. The minimum atomic E-state index is -0.620. The first-order valence-electron chi connectivity index (χ1n) is 24.0. The Morgan fingerprint density at radius 2 is 0.814 bits per heavy atom. The number of nitrogens with zero attached hydrogens (tertiary/aromatic N) is 4. The molecule has 0 bridgehead atoms. The first-order chi connectivity index (χ1) is 34.7. The lowest BCUT2D eigenvalue weighted by Gasteiger charge is -2.31. The lowest BCUT2D eigenvalue weighted by molar-refractivity contribution is 0.794. The van der Waals surface area contributed by atoms with Crippen molar-refractivity contribution in [2.75, 3.05) is 0 Å². The minimum absolute atomic E-state index is 0.620. The van der Waals surface area contributed by atoms with Gasteiger partial charge in [0.1, 0.15) is 0 Å². The van der Waals surface area contributed by atoms with Gasteiger partial charge in [-0.05, 0) is 120 Å². The molecule has 0 amide bonds. The molecule has 2 aliphatic rings. The summed E-state index contributed by atoms with van der Waals surface area (Å²) in [6, 6.07) is 86.1. The first-order valence-corrected chi connectivity index (χ1v) is 24.0. The summed E-state index contributed by atoms with van der Waals surface area (Å²) in [6.45, 7) is 0. The van der Waals surface area contributed by atoms with Crippen LogP contribution in [-0.4, -0.2) is 19.5 Å². The van der Waals surface area contributed by atoms with Crippen LogP contribution in [0.5, 0.6) is 0 Å². The van der Waals surface area contributed by atoms with Crippen LogP contribution in [-0.2, 0) is 5.41 Å². The molecule has 0 fully saturated rings. The predicted molar refractivity (Wildman–Crippen MR) is 287 cm³/mol. The Bertz CT molecular complexity index is 4170. The van der Waals surface area contributed by atoms with E-state index in [9.17, 15) is 0 Å². The summed E-state index contributed by atoms with van der Waals surface area (Å²) in [4.78, 5) is 15.8. The zero-order valence-corrected chi connectivity index (χ0v) is 37.9. The van der Waals surface area contributed by atoms with E-state index in [4.69, 9.17) is 15.0 Å². The Balaban J connectivity index is 1.03. The maximum absolute atomic E-state index is 5.43. The van der Waals surface area contributed by atoms with Crippen molar-refractivity contribution in [2.24, 2.45) is 0 Å². The van der Waals surface area contributed by atoms with E-state index in [2.05, 4.69) is 235 Å². The van der Waals surface area contributed by atoms with Crippen molar-refractivity contribution in [3.05, 3.63) is 265 Å². The topological polar surface area (TPSA) is 43.6 Å². The van der Waals surface area contributed by atoms with E-state index in [0.717, 1.165) is 50.2 Å². The molecule has 324 valence electrons. The molecule has 4 nitrogen and oxygen atoms in total. The maximum atomic E-state index is 5.43. The molecular formula is C66H40N4. The Labute approximate surface area is 404 Å². The summed E-state index contributed by atoms with van der Waals surface area (Å²) in [6.07, 6.45) is 1.89. The van der Waals surface area contributed by atoms with Gasteiger partial charge in [0.2, 0.25) is 5.95 Å². The molecule has 1 spiro atoms. The molecule has 0 aliphatic heterocycles. The first kappa shape index (κ1) is 38.8. The van der Waals surface area contributed by atoms with E-state index < -0.39 is 5.41 Å². The molecule has 15 rings (SSSR count). The van der Waals surface area contributed by atoms with Gasteiger partial charge in [-0.1, -0.05) is 194 Å². The third kappa shape index (κ3) is 5.38. The molecule has 13 aromatic rings. The highest BCUT2D eigenvalue weighted by atomic mass is 15.2. The van der Waals surface area contributed by atoms with Gasteiger partial charge in [0.05, 0.1) is 33.5 Å². The summed E-state index contributed by atoms with van der Waals surface area (Å²) < 4.78 is 2.31. The second-order valence-corrected chi connectivity index (χ2v) is 18.6. The molecule has 1 atom stereocenters. The molecule has 70 heavy (non-hydrogen) atoms. The van der Waals surface area contributed by atoms with Crippen molar-refractivity contribution in [1.29, 1.82) is 0 Å². The Morgan fingerprint density at radius 3 is 1.44 bits per heavy atom. The van der Waals surface area contributed by atoms with Gasteiger partial charge < -0.3 is 0 Å². The van der Waals surface area contributed by atoms with Crippen LogP contribution >= 0.6 is 0 Å². The SMILES string of the molecule is c1ccc(-c2cc(-c3ccccc3)nc(-n3c4ccccc4c4cc5c(cc43)C3(c4ccccc4-c4ccc(-c6c7ccccc7c(-c7ccccn7)c7ccccc67)cc43)c3ccccc3-5)n2)cc1. The van der Waals surface area contributed by atoms with E-state index in [-0.39, 0.29) is 0 Å². The van der Waals surface area contributed by atoms with Gasteiger partial charge in [0, 0.05) is 33.7 Å². The number of aromatic nitrogens is 4. The molecule has 1 unspecified atom stereocenters. The van der Waals surface area contributed by atoms with Crippen molar-refractivity contribution < 1.29 is 0 Å². The van der Waals surface area contributed by atoms with Gasteiger partial charge >= 0.3 is 0 Å². The molecule has 3 heterocycles. The third-order valence-electron chi connectivity index (χ3n) is 15.1. The maximum Gasteiger partial charge on any atom is 0.235 e. The fraction of sp³-hybridized carbons (Fsp3) is 0.0152. The van der Waals surface area contributed by atoms with Crippen LogP contribution in [0.3, 0.4) is 0 Å². The minimum Gasteiger partial charge on any atom is -0.278 e. The van der Waals surface area contributed by atoms with Crippen molar-refractivity contribution in [3.63, 3.8) is 0 Å². The highest BCUT2D eigenvalue weighted by Gasteiger charge is 2.52. The second kappa shape index (κ2) is 14.9. The molecule has 0 saturated heterocycles. The summed E-state index contributed by atoms with van der Waals surface area (Å²) >= 11 is 0. The number of para-hydroxylation sites is 1. The van der Waals surface area contributed by atoms with Crippen LogP contribution in [0.15, 0.2) is 243 Å². The van der Waals surface area contributed by atoms with Crippen LogP contribution in [0.4, 0.5) is 0 Å². The van der Waals surface area contributed by atoms with Gasteiger partial charge in [-0.3, -0.25) is 9.55 Å². The number of hydrogen-bond donors (Lipinski definition) is 0. The summed E-state index contributed by atoms with van der Waals surface area (Å²) in [5.74, 6) is 0.637. The average molecular weight is 889 g/mol. The van der Waals surface area contributed by atoms with Crippen LogP contribution in [0.2, 0.25) is 0 Å². The number of rotatable bonds is 5. The third-order valence-corrected chi connectivity index (χ3v) is 15.1. The van der Waals surface area contributed by atoms with Crippen molar-refractivity contribution in [2.45, 2.75) is 5.41 Å². The Morgan fingerprint density at radius 1 is 0.300 bits per heavy atom. The predicted octanol–water partition coefficient (Wildman–Crippen LogP) is 16.3. The van der Waals surface area contributed by atoms with Gasteiger partial charge in [0.25, 0.3) is 0 Å². The fourth-order valence-corrected chi connectivity index (χ4v) is 12.2. The average Bonchev–Trinajstić information content (AvgIpc) is 4.03. The van der Waals surface area contributed by atoms with Crippen LogP contribution in [0, 0.1) is 0 Å². The normalized spacial score (nSPS) is 14.3. The van der Waals surface area contributed by atoms with Gasteiger partial charge in [-0.25, -0.2) is 9.97 Å². The molecule has 3 aromatic heterocycles. The number of benzene rings is 10. The van der Waals surface area contributed by atoms with Gasteiger partial charge in [-0.15, -0.1) is 0 Å². The van der Waals surface area contributed by atoms with E-state index in [1.54, 1.807) is 0 Å². The quantitative estimate of drug-likeness (QED) is 0.162. The molecule has 10 aromatic carbocycles. The molecule has 0 N–H and O–H groups in total. The zero-order chi connectivity index (χ0) is 45.9. The molecule has 2 aliphatic carbocycles. The molecule has 0 saturated carbocycles. The van der Waals surface area contributed by atoms with E-state index in [1.807, 2.05) is 12.3 Å². The zero-order valence-electron chi connectivity index (χ0n) is 37.9. The van der Waals surface area contributed by atoms with E-state index in [1.165, 1.54) is 82.6 Å². The van der Waals surface area contributed by atoms with Crippen molar-refractivity contribution >= 4 is 43.4 Å². The summed E-state index contributed by atoms with van der Waals surface area (Å²) in [5, 5.41) is 7.12. The van der Waals surface area contributed by atoms with Crippen LogP contribution in [0.25, 0.3) is 116 Å². The number of pyridine rings is 1. The molecule has 0 radical (unpaired) electrons. The lowest BCUT2D eigenvalue weighted by atomic mass is 9.70. The molecular weight excluding hydrogens is 849 g/mol. The van der Waals surface area contributed by atoms with Gasteiger partial charge in [0.15, 0.2) is 0 Å². The standard InChI is InChI=1S/C66H40N4/c1-3-19-41(20-4-1)59-40-60(42-21-5-2-6-22-42)69-65(68-59)70-61-33-16-13-25-47(61)53-38-52-45-24-12-15-31-55(45)66(57(52)39-62(53)70)54-30-14-11-23-44(54)46-35-34-43(37-56(46)66)63-48-26-7-9-28-50(48)64(58-32-17-18-36-67-58)51-29-10-8-27-49(51)63/h1-40H. The highest BCUT2D eigenvalue weighted by Crippen LogP contribution is 2.64. The largest absolute Gasteiger partial charge is 0.278 e. The van der Waals surface area contributed by atoms with Crippen molar-refractivity contribution in [3.8, 4) is 73.1 Å². The summed E-state index contributed by atoms with van der Waals surface area (Å²) in [7, 11) is 0. The van der Waals surface area contributed by atoms with E-state index in [0.29, 0.717) is 5.95 Å². The Hall–Kier alpha value is -9.25. The van der Waals surface area contributed by atoms with Crippen molar-refractivity contribution in [1.82, 2.24) is 19.5 Å².